The fourth-order valence-electron chi connectivity index (χ4n) is 5.95. The molecular formula is C37H64N4O13. The normalized spacial score (nSPS) is 24.0. The Morgan fingerprint density at radius 3 is 2.06 bits per heavy atom. The second-order valence-electron chi connectivity index (χ2n) is 13.6. The number of nitrogens with one attached hydrogen (secondary N) is 2. The van der Waals surface area contributed by atoms with Crippen LogP contribution in [0.4, 0.5) is 0 Å². The van der Waals surface area contributed by atoms with Crippen LogP contribution in [0.1, 0.15) is 125 Å². The van der Waals surface area contributed by atoms with E-state index in [9.17, 15) is 50.6 Å². The van der Waals surface area contributed by atoms with E-state index in [1.807, 2.05) is 0 Å². The molecule has 0 aromatic heterocycles. The van der Waals surface area contributed by atoms with E-state index in [-0.39, 0.29) is 11.7 Å². The first kappa shape index (κ1) is 44.8. The summed E-state index contributed by atoms with van der Waals surface area (Å²) < 4.78 is 34.8. The molecule has 8 atom stereocenters. The van der Waals surface area contributed by atoms with Gasteiger partial charge in [-0.05, 0) is 45.4 Å². The van der Waals surface area contributed by atoms with Crippen molar-refractivity contribution in [3.05, 3.63) is 12.2 Å². The minimum absolute atomic E-state index is 0.0798. The fraction of sp³-hybridized carbons (Fsp3) is 0.784. The largest absolute Gasteiger partial charge is 0.481 e. The van der Waals surface area contributed by atoms with Crippen molar-refractivity contribution in [2.75, 3.05) is 13.2 Å². The molecule has 0 radical (unpaired) electrons. The molecule has 10 N–H and O–H groups in total. The SMILES string of the molecule is [2H]N(C(C)=O)[C@@](COC(=O)CCCCCCC/C=C\CCCCCCCC)(C(=O)N[C@@H](CCC(=O)O)C(N)=O)C1([2H])O[C@H](CO)[C@@H](O)[C@H](O[C@H](C)C(=O)O)[C@H]1N. The van der Waals surface area contributed by atoms with Crippen LogP contribution in [0.5, 0.6) is 0 Å². The lowest BCUT2D eigenvalue weighted by Crippen LogP contribution is -2.78. The number of nitrogens with two attached hydrogens (primary N) is 2. The predicted molar refractivity (Wildman–Crippen MR) is 197 cm³/mol. The van der Waals surface area contributed by atoms with Gasteiger partial charge in [-0.25, -0.2) is 4.79 Å². The monoisotopic (exact) mass is 774 g/mol. The van der Waals surface area contributed by atoms with Crippen molar-refractivity contribution in [3.8, 4) is 0 Å². The molecule has 0 aromatic carbocycles. The number of hydrogen-bond donors (Lipinski definition) is 8. The minimum Gasteiger partial charge on any atom is -0.481 e. The van der Waals surface area contributed by atoms with Gasteiger partial charge in [0.25, 0.3) is 5.91 Å². The van der Waals surface area contributed by atoms with Gasteiger partial charge in [0.05, 0.1) is 14.0 Å². The molecule has 17 nitrogen and oxygen atoms in total. The first-order valence-electron chi connectivity index (χ1n) is 19.9. The van der Waals surface area contributed by atoms with Gasteiger partial charge >= 0.3 is 17.9 Å². The molecule has 0 saturated carbocycles. The van der Waals surface area contributed by atoms with Crippen LogP contribution < -0.4 is 22.1 Å². The number of aliphatic hydroxyl groups is 2. The van der Waals surface area contributed by atoms with Crippen molar-refractivity contribution < 1.29 is 66.2 Å². The lowest BCUT2D eigenvalue weighted by Gasteiger charge is -2.50. The average molecular weight is 775 g/mol. The number of hydrogen-bond acceptors (Lipinski definition) is 12. The Kier molecular flexibility index (Phi) is 21.7. The van der Waals surface area contributed by atoms with Crippen LogP contribution in [0, 0.1) is 0 Å². The standard InChI is InChI=1S/C37H64N4O13/c1-4-5-6-7-8-9-10-11-12-13-14-15-16-17-18-19-29(46)52-23-37(41-25(3)43,36(51)40-26(34(39)48)20-21-28(44)45)33-30(38)32(53-24(2)35(49)50)31(47)27(22-42)54-33/h11-12,24,26-27,30-33,42,47H,4-10,13-23,38H2,1-3H3,(H2,39,48)(H,40,51)(H,41,43)(H,44,45)(H,49,50)/b12-11-/t24-,26+,27-,30-,31-,32-,33?,37-/m1/s1/i33D/hD. The van der Waals surface area contributed by atoms with E-state index < -0.39 is 110 Å². The number of aliphatic carboxylic acids is 2. The molecule has 1 fully saturated rings. The Labute approximate surface area is 320 Å². The molecule has 310 valence electrons. The summed E-state index contributed by atoms with van der Waals surface area (Å²) in [6.45, 7) is 1.71. The third-order valence-electron chi connectivity index (χ3n) is 9.05. The van der Waals surface area contributed by atoms with Crippen molar-refractivity contribution in [1.82, 2.24) is 10.6 Å². The number of amides is 3. The van der Waals surface area contributed by atoms with Crippen molar-refractivity contribution in [2.45, 2.75) is 172 Å². The van der Waals surface area contributed by atoms with Crippen LogP contribution in [0.25, 0.3) is 0 Å². The summed E-state index contributed by atoms with van der Waals surface area (Å²) >= 11 is 0. The molecule has 1 aliphatic rings. The van der Waals surface area contributed by atoms with E-state index in [1.54, 1.807) is 0 Å². The molecule has 17 heteroatoms. The maximum absolute atomic E-state index is 14.4. The van der Waals surface area contributed by atoms with Crippen molar-refractivity contribution in [1.29, 1.82) is 0 Å². The molecule has 0 spiro atoms. The number of carboxylic acids is 2. The highest BCUT2D eigenvalue weighted by molar-refractivity contribution is 5.95. The molecule has 1 rings (SSSR count). The smallest absolute Gasteiger partial charge is 0.332 e. The highest BCUT2D eigenvalue weighted by atomic mass is 16.6. The topological polar surface area (TPSA) is 287 Å². The Morgan fingerprint density at radius 1 is 0.963 bits per heavy atom. The van der Waals surface area contributed by atoms with E-state index in [1.165, 1.54) is 38.5 Å². The van der Waals surface area contributed by atoms with Gasteiger partial charge in [0, 0.05) is 19.8 Å². The summed E-state index contributed by atoms with van der Waals surface area (Å²) in [7, 11) is 0. The molecule has 54 heavy (non-hydrogen) atoms. The quantitative estimate of drug-likeness (QED) is 0.0304. The molecule has 1 heterocycles. The zero-order valence-corrected chi connectivity index (χ0v) is 31.9. The summed E-state index contributed by atoms with van der Waals surface area (Å²) in [6.07, 6.45) is 5.72. The second kappa shape index (κ2) is 26.2. The van der Waals surface area contributed by atoms with Gasteiger partial charge in [0.1, 0.15) is 37.0 Å². The lowest BCUT2D eigenvalue weighted by molar-refractivity contribution is -0.231. The number of unbranched alkanes of at least 4 members (excludes halogenated alkanes) is 11. The highest BCUT2D eigenvalue weighted by Crippen LogP contribution is 2.31. The molecule has 3 amide bonds. The minimum atomic E-state index is -3.20. The van der Waals surface area contributed by atoms with Crippen molar-refractivity contribution in [2.24, 2.45) is 11.5 Å². The number of carbonyl (C=O) groups is 6. The number of rotatable bonds is 29. The summed E-state index contributed by atoms with van der Waals surface area (Å²) in [5.74, 6) is -7.84. The zero-order chi connectivity index (χ0) is 42.5. The van der Waals surface area contributed by atoms with E-state index in [0.717, 1.165) is 46.0 Å². The van der Waals surface area contributed by atoms with Gasteiger partial charge in [0.15, 0.2) is 13.1 Å². The Bertz CT molecular complexity index is 1310. The third-order valence-corrected chi connectivity index (χ3v) is 9.05. The molecule has 1 unspecified atom stereocenters. The Morgan fingerprint density at radius 2 is 1.54 bits per heavy atom. The molecule has 0 bridgehead atoms. The number of primary amides is 1. The number of aliphatic hydroxyl groups excluding tert-OH is 2. The highest BCUT2D eigenvalue weighted by Gasteiger charge is 2.58. The van der Waals surface area contributed by atoms with Gasteiger partial charge in [-0.1, -0.05) is 70.4 Å². The number of esters is 1. The Hall–Kier alpha value is -3.64. The third kappa shape index (κ3) is 17.2. The lowest BCUT2D eigenvalue weighted by atomic mass is 9.80. The van der Waals surface area contributed by atoms with Crippen LogP contribution in [0.3, 0.4) is 0 Å². The van der Waals surface area contributed by atoms with Crippen LogP contribution in [-0.4, -0.2) is 117 Å². The number of allylic oxidation sites excluding steroid dienone is 2. The predicted octanol–water partition coefficient (Wildman–Crippen LogP) is 1.58. The van der Waals surface area contributed by atoms with Crippen LogP contribution in [0.15, 0.2) is 12.2 Å². The van der Waals surface area contributed by atoms with Gasteiger partial charge in [-0.15, -0.1) is 0 Å². The summed E-state index contributed by atoms with van der Waals surface area (Å²) in [5, 5.41) is 41.7. The average Bonchev–Trinajstić information content (AvgIpc) is 3.14. The van der Waals surface area contributed by atoms with Crippen LogP contribution in [0.2, 0.25) is 1.41 Å². The van der Waals surface area contributed by atoms with Crippen molar-refractivity contribution >= 4 is 35.6 Å². The van der Waals surface area contributed by atoms with Gasteiger partial charge < -0.3 is 56.7 Å². The molecule has 0 aromatic rings. The molecular weight excluding hydrogens is 708 g/mol. The van der Waals surface area contributed by atoms with E-state index in [4.69, 9.17) is 27.1 Å². The zero-order valence-electron chi connectivity index (χ0n) is 33.9. The summed E-state index contributed by atoms with van der Waals surface area (Å²) in [4.78, 5) is 75.6. The first-order chi connectivity index (χ1) is 26.4. The van der Waals surface area contributed by atoms with E-state index in [2.05, 4.69) is 24.4 Å². The summed E-state index contributed by atoms with van der Waals surface area (Å²) in [5.41, 5.74) is 8.63. The molecule has 1 aliphatic heterocycles. The maximum Gasteiger partial charge on any atom is 0.332 e. The number of carboxylic acid groups (broad SMARTS) is 2. The van der Waals surface area contributed by atoms with Crippen molar-refractivity contribution in [3.63, 3.8) is 0 Å². The Balaban J connectivity index is 3.27. The maximum atomic E-state index is 14.4. The number of ether oxygens (including phenoxy) is 3. The fourth-order valence-corrected chi connectivity index (χ4v) is 5.95. The van der Waals surface area contributed by atoms with Gasteiger partial charge in [-0.3, -0.25) is 24.0 Å². The molecule has 0 aliphatic carbocycles. The van der Waals surface area contributed by atoms with Crippen LogP contribution >= 0.6 is 0 Å². The first-order valence-corrected chi connectivity index (χ1v) is 18.9. The van der Waals surface area contributed by atoms with Crippen LogP contribution in [-0.2, 0) is 43.0 Å². The number of carbonyl (C=O) groups excluding carboxylic acids is 4. The van der Waals surface area contributed by atoms with Gasteiger partial charge in [-0.2, -0.15) is 0 Å². The van der Waals surface area contributed by atoms with Gasteiger partial charge in [0.2, 0.25) is 11.8 Å². The second-order valence-corrected chi connectivity index (χ2v) is 13.6. The molecule has 1 saturated heterocycles. The van der Waals surface area contributed by atoms with E-state index in [0.29, 0.717) is 12.8 Å². The van der Waals surface area contributed by atoms with E-state index >= 15 is 0 Å². The summed E-state index contributed by atoms with van der Waals surface area (Å²) in [6, 6.07) is -3.87.